The summed E-state index contributed by atoms with van der Waals surface area (Å²) in [5, 5.41) is 0.738. The Balaban J connectivity index is 1.81. The highest BCUT2D eigenvalue weighted by molar-refractivity contribution is 9.10. The van der Waals surface area contributed by atoms with E-state index in [4.69, 9.17) is 22.1 Å². The molecule has 0 saturated carbocycles. The minimum absolute atomic E-state index is 0.251. The molecule has 2 bridgehead atoms. The van der Waals surface area contributed by atoms with Crippen molar-refractivity contribution in [1.82, 2.24) is 4.90 Å². The van der Waals surface area contributed by atoms with Crippen LogP contribution < -0.4 is 5.73 Å². The molecule has 0 spiro atoms. The summed E-state index contributed by atoms with van der Waals surface area (Å²) in [6, 6.07) is 6.33. The van der Waals surface area contributed by atoms with E-state index in [1.165, 1.54) is 18.4 Å². The summed E-state index contributed by atoms with van der Waals surface area (Å²) in [4.78, 5) is 2.46. The van der Waals surface area contributed by atoms with E-state index in [1.54, 1.807) is 0 Å². The molecule has 2 heterocycles. The van der Waals surface area contributed by atoms with Gasteiger partial charge in [-0.05, 0) is 46.5 Å². The van der Waals surface area contributed by atoms with Gasteiger partial charge in [-0.2, -0.15) is 0 Å². The van der Waals surface area contributed by atoms with Gasteiger partial charge in [0.25, 0.3) is 0 Å². The number of hydrogen-bond donors (Lipinski definition) is 1. The number of ether oxygens (including phenoxy) is 1. The van der Waals surface area contributed by atoms with Gasteiger partial charge in [-0.1, -0.05) is 17.7 Å². The first kappa shape index (κ1) is 13.8. The second-order valence-electron chi connectivity index (χ2n) is 5.34. The molecule has 0 aliphatic carbocycles. The van der Waals surface area contributed by atoms with Gasteiger partial charge in [-0.3, -0.25) is 4.90 Å². The lowest BCUT2D eigenvalue weighted by molar-refractivity contribution is -0.0521. The zero-order valence-electron chi connectivity index (χ0n) is 10.7. The van der Waals surface area contributed by atoms with Crippen molar-refractivity contribution in [2.75, 3.05) is 19.6 Å². The lowest BCUT2D eigenvalue weighted by atomic mass is 10.0. The van der Waals surface area contributed by atoms with Crippen LogP contribution in [0.1, 0.15) is 24.4 Å². The lowest BCUT2D eigenvalue weighted by Gasteiger charge is -2.37. The van der Waals surface area contributed by atoms with Crippen LogP contribution in [0, 0.1) is 0 Å². The van der Waals surface area contributed by atoms with Crippen LogP contribution in [0.2, 0.25) is 5.02 Å². The Morgan fingerprint density at radius 3 is 2.63 bits per heavy atom. The predicted octanol–water partition coefficient (Wildman–Crippen LogP) is 2.97. The van der Waals surface area contributed by atoms with E-state index in [-0.39, 0.29) is 6.04 Å². The fourth-order valence-corrected chi connectivity index (χ4v) is 3.63. The molecule has 2 N–H and O–H groups in total. The van der Waals surface area contributed by atoms with Crippen molar-refractivity contribution in [3.05, 3.63) is 33.3 Å². The molecule has 0 aromatic heterocycles. The molecule has 3 unspecified atom stereocenters. The fourth-order valence-electron chi connectivity index (χ4n) is 3.12. The molecule has 5 heteroatoms. The first-order valence-corrected chi connectivity index (χ1v) is 7.89. The van der Waals surface area contributed by atoms with E-state index in [2.05, 4.69) is 33.0 Å². The molecule has 104 valence electrons. The van der Waals surface area contributed by atoms with Gasteiger partial charge in [-0.15, -0.1) is 0 Å². The molecule has 0 amide bonds. The number of hydrogen-bond acceptors (Lipinski definition) is 3. The van der Waals surface area contributed by atoms with E-state index in [1.807, 2.05) is 6.07 Å². The molecule has 3 atom stereocenters. The Labute approximate surface area is 127 Å². The Morgan fingerprint density at radius 1 is 1.37 bits per heavy atom. The van der Waals surface area contributed by atoms with Gasteiger partial charge in [-0.25, -0.2) is 0 Å². The third kappa shape index (κ3) is 2.83. The summed E-state index contributed by atoms with van der Waals surface area (Å²) in [5.41, 5.74) is 7.23. The highest BCUT2D eigenvalue weighted by atomic mass is 79.9. The number of rotatable bonds is 3. The summed E-state index contributed by atoms with van der Waals surface area (Å²) in [5.74, 6) is 0. The predicted molar refractivity (Wildman–Crippen MR) is 80.4 cm³/mol. The van der Waals surface area contributed by atoms with Crippen molar-refractivity contribution < 1.29 is 4.74 Å². The van der Waals surface area contributed by atoms with Crippen LogP contribution in [-0.2, 0) is 4.74 Å². The Bertz CT molecular complexity index is 459. The van der Waals surface area contributed by atoms with Crippen molar-refractivity contribution in [1.29, 1.82) is 0 Å². The number of nitrogens with two attached hydrogens (primary N) is 1. The maximum Gasteiger partial charge on any atom is 0.0707 e. The summed E-state index contributed by atoms with van der Waals surface area (Å²) < 4.78 is 6.82. The van der Waals surface area contributed by atoms with E-state index >= 15 is 0 Å². The smallest absolute Gasteiger partial charge is 0.0707 e. The van der Waals surface area contributed by atoms with Gasteiger partial charge in [0, 0.05) is 30.1 Å². The second kappa shape index (κ2) is 5.70. The van der Waals surface area contributed by atoms with Crippen molar-refractivity contribution in [2.24, 2.45) is 5.73 Å². The van der Waals surface area contributed by atoms with Gasteiger partial charge in [0.15, 0.2) is 0 Å². The zero-order valence-corrected chi connectivity index (χ0v) is 13.0. The SMILES string of the molecule is NCC(c1ccc(Cl)c(Br)c1)N1CC2CCC(C1)O2. The van der Waals surface area contributed by atoms with Gasteiger partial charge in [0.2, 0.25) is 0 Å². The van der Waals surface area contributed by atoms with E-state index < -0.39 is 0 Å². The molecule has 2 saturated heterocycles. The number of halogens is 2. The molecule has 19 heavy (non-hydrogen) atoms. The number of fused-ring (bicyclic) bond motifs is 2. The third-order valence-corrected chi connectivity index (χ3v) is 5.28. The first-order chi connectivity index (χ1) is 9.17. The molecule has 3 nitrogen and oxygen atoms in total. The largest absolute Gasteiger partial charge is 0.372 e. The average Bonchev–Trinajstić information content (AvgIpc) is 2.74. The van der Waals surface area contributed by atoms with Crippen LogP contribution in [0.3, 0.4) is 0 Å². The van der Waals surface area contributed by atoms with Crippen LogP contribution in [0.25, 0.3) is 0 Å². The minimum Gasteiger partial charge on any atom is -0.372 e. The molecule has 2 fully saturated rings. The van der Waals surface area contributed by atoms with Crippen LogP contribution in [0.15, 0.2) is 22.7 Å². The minimum atomic E-state index is 0.251. The number of benzene rings is 1. The quantitative estimate of drug-likeness (QED) is 0.915. The maximum atomic E-state index is 6.06. The van der Waals surface area contributed by atoms with E-state index in [0.29, 0.717) is 18.8 Å². The zero-order chi connectivity index (χ0) is 13.4. The molecule has 2 aliphatic heterocycles. The molecule has 3 rings (SSSR count). The van der Waals surface area contributed by atoms with Crippen molar-refractivity contribution in [3.8, 4) is 0 Å². The summed E-state index contributed by atoms with van der Waals surface area (Å²) in [6.45, 7) is 2.59. The summed E-state index contributed by atoms with van der Waals surface area (Å²) in [7, 11) is 0. The molecule has 0 radical (unpaired) electrons. The van der Waals surface area contributed by atoms with E-state index in [0.717, 1.165) is 22.6 Å². The molecule has 2 aliphatic rings. The fraction of sp³-hybridized carbons (Fsp3) is 0.571. The standard InChI is InChI=1S/C14H18BrClN2O/c15-12-5-9(1-4-13(12)16)14(6-17)18-7-10-2-3-11(8-18)19-10/h1,4-5,10-11,14H,2-3,6-8,17H2. The average molecular weight is 346 g/mol. The van der Waals surface area contributed by atoms with Gasteiger partial charge in [0.05, 0.1) is 17.2 Å². The molecular weight excluding hydrogens is 328 g/mol. The molecule has 1 aromatic rings. The Kier molecular flexibility index (Phi) is 4.15. The highest BCUT2D eigenvalue weighted by Gasteiger charge is 2.36. The maximum absolute atomic E-state index is 6.06. The van der Waals surface area contributed by atoms with Gasteiger partial charge < -0.3 is 10.5 Å². The van der Waals surface area contributed by atoms with Crippen molar-refractivity contribution >= 4 is 27.5 Å². The number of likely N-dealkylation sites (tertiary alicyclic amines) is 1. The lowest BCUT2D eigenvalue weighted by Crippen LogP contribution is -2.46. The van der Waals surface area contributed by atoms with Crippen LogP contribution in [0.4, 0.5) is 0 Å². The Morgan fingerprint density at radius 2 is 2.05 bits per heavy atom. The van der Waals surface area contributed by atoms with E-state index in [9.17, 15) is 0 Å². The van der Waals surface area contributed by atoms with Crippen molar-refractivity contribution in [3.63, 3.8) is 0 Å². The normalized spacial score (nSPS) is 28.6. The second-order valence-corrected chi connectivity index (χ2v) is 6.60. The Hall–Kier alpha value is -0.130. The topological polar surface area (TPSA) is 38.5 Å². The first-order valence-electron chi connectivity index (χ1n) is 6.72. The summed E-state index contributed by atoms with van der Waals surface area (Å²) >= 11 is 9.55. The third-order valence-electron chi connectivity index (χ3n) is 4.06. The van der Waals surface area contributed by atoms with Gasteiger partial charge >= 0.3 is 0 Å². The van der Waals surface area contributed by atoms with Gasteiger partial charge in [0.1, 0.15) is 0 Å². The molecular formula is C14H18BrClN2O. The van der Waals surface area contributed by atoms with Crippen LogP contribution >= 0.6 is 27.5 Å². The number of morpholine rings is 1. The van der Waals surface area contributed by atoms with Crippen molar-refractivity contribution in [2.45, 2.75) is 31.1 Å². The summed E-state index contributed by atoms with van der Waals surface area (Å²) in [6.07, 6.45) is 3.15. The monoisotopic (exact) mass is 344 g/mol. The van der Waals surface area contributed by atoms with Crippen LogP contribution in [-0.4, -0.2) is 36.7 Å². The molecule has 1 aromatic carbocycles. The number of nitrogens with zero attached hydrogens (tertiary/aromatic N) is 1. The van der Waals surface area contributed by atoms with Crippen LogP contribution in [0.5, 0.6) is 0 Å². The highest BCUT2D eigenvalue weighted by Crippen LogP contribution is 2.33.